The number of ether oxygens (including phenoxy) is 1. The van der Waals surface area contributed by atoms with Crippen molar-refractivity contribution in [3.05, 3.63) is 65.1 Å². The van der Waals surface area contributed by atoms with Gasteiger partial charge in [0, 0.05) is 6.20 Å². The smallest absolute Gasteiger partial charge is 0.290 e. The van der Waals surface area contributed by atoms with Crippen LogP contribution in [0.1, 0.15) is 27.3 Å². The molecule has 0 atom stereocenters. The Bertz CT molecular complexity index is 928. The van der Waals surface area contributed by atoms with Gasteiger partial charge in [-0.2, -0.15) is 5.10 Å². The van der Waals surface area contributed by atoms with Crippen molar-refractivity contribution < 1.29 is 9.53 Å². The van der Waals surface area contributed by atoms with Gasteiger partial charge in [-0.05, 0) is 49.2 Å². The summed E-state index contributed by atoms with van der Waals surface area (Å²) in [5.74, 6) is 0.432. The van der Waals surface area contributed by atoms with Crippen LogP contribution in [0.15, 0.2) is 47.7 Å². The third-order valence-electron chi connectivity index (χ3n) is 3.64. The fourth-order valence-corrected chi connectivity index (χ4v) is 2.48. The van der Waals surface area contributed by atoms with E-state index in [1.165, 1.54) is 0 Å². The van der Waals surface area contributed by atoms with Crippen LogP contribution in [0.25, 0.3) is 5.65 Å². The number of benzene rings is 1. The molecule has 6 nitrogen and oxygen atoms in total. The summed E-state index contributed by atoms with van der Waals surface area (Å²) in [6.45, 7) is 3.80. The zero-order valence-electron chi connectivity index (χ0n) is 13.8. The molecule has 0 radical (unpaired) electrons. The molecular formula is C18H18N4O2. The fraction of sp³-hybridized carbons (Fsp3) is 0.167. The first-order chi connectivity index (χ1) is 11.6. The average Bonchev–Trinajstić information content (AvgIpc) is 2.89. The molecule has 1 N–H and O–H groups in total. The molecule has 1 amide bonds. The standard InChI is InChI=1S/C18H18N4O2/c1-12-7-8-22-16(9-12)20-13(2)17(22)18(23)21-19-11-14-5-4-6-15(10-14)24-3/h4-11H,1-3H3,(H,21,23)/b19-11+. The van der Waals surface area contributed by atoms with Gasteiger partial charge in [0.2, 0.25) is 0 Å². The van der Waals surface area contributed by atoms with E-state index in [0.29, 0.717) is 11.4 Å². The summed E-state index contributed by atoms with van der Waals surface area (Å²) in [7, 11) is 1.60. The number of aryl methyl sites for hydroxylation is 2. The largest absolute Gasteiger partial charge is 0.497 e. The summed E-state index contributed by atoms with van der Waals surface area (Å²) in [6, 6.07) is 11.3. The molecule has 1 aromatic carbocycles. The number of aromatic nitrogens is 2. The molecule has 3 rings (SSSR count). The highest BCUT2D eigenvalue weighted by Crippen LogP contribution is 2.14. The van der Waals surface area contributed by atoms with Gasteiger partial charge in [-0.3, -0.25) is 9.20 Å². The number of hydrazone groups is 1. The van der Waals surface area contributed by atoms with Gasteiger partial charge < -0.3 is 4.74 Å². The van der Waals surface area contributed by atoms with Crippen molar-refractivity contribution in [2.24, 2.45) is 5.10 Å². The molecule has 24 heavy (non-hydrogen) atoms. The first-order valence-electron chi connectivity index (χ1n) is 7.51. The Labute approximate surface area is 139 Å². The molecule has 6 heteroatoms. The van der Waals surface area contributed by atoms with E-state index in [9.17, 15) is 4.79 Å². The number of hydrogen-bond donors (Lipinski definition) is 1. The molecule has 3 aromatic rings. The molecule has 122 valence electrons. The van der Waals surface area contributed by atoms with Crippen molar-refractivity contribution in [1.29, 1.82) is 0 Å². The Morgan fingerprint density at radius 2 is 2.12 bits per heavy atom. The Morgan fingerprint density at radius 1 is 1.29 bits per heavy atom. The number of imidazole rings is 1. The summed E-state index contributed by atoms with van der Waals surface area (Å²) in [6.07, 6.45) is 3.41. The summed E-state index contributed by atoms with van der Waals surface area (Å²) in [5.41, 5.74) is 6.36. The quantitative estimate of drug-likeness (QED) is 0.593. The van der Waals surface area contributed by atoms with Crippen LogP contribution >= 0.6 is 0 Å². The maximum Gasteiger partial charge on any atom is 0.290 e. The number of amides is 1. The number of methoxy groups -OCH3 is 1. The minimum Gasteiger partial charge on any atom is -0.497 e. The van der Waals surface area contributed by atoms with E-state index < -0.39 is 0 Å². The predicted octanol–water partition coefficient (Wildman–Crippen LogP) is 2.72. The van der Waals surface area contributed by atoms with Crippen molar-refractivity contribution in [3.63, 3.8) is 0 Å². The molecule has 0 aliphatic rings. The monoisotopic (exact) mass is 322 g/mol. The third-order valence-corrected chi connectivity index (χ3v) is 3.64. The van der Waals surface area contributed by atoms with Gasteiger partial charge in [-0.1, -0.05) is 12.1 Å². The van der Waals surface area contributed by atoms with Crippen LogP contribution in [0.2, 0.25) is 0 Å². The maximum absolute atomic E-state index is 12.4. The van der Waals surface area contributed by atoms with E-state index in [4.69, 9.17) is 4.74 Å². The number of hydrogen-bond acceptors (Lipinski definition) is 4. The molecule has 2 heterocycles. The predicted molar refractivity (Wildman–Crippen MR) is 92.7 cm³/mol. The molecule has 2 aromatic heterocycles. The summed E-state index contributed by atoms with van der Waals surface area (Å²) < 4.78 is 6.92. The van der Waals surface area contributed by atoms with E-state index in [-0.39, 0.29) is 5.91 Å². The van der Waals surface area contributed by atoms with Crippen LogP contribution < -0.4 is 10.2 Å². The van der Waals surface area contributed by atoms with Crippen LogP contribution in [-0.2, 0) is 0 Å². The van der Waals surface area contributed by atoms with Gasteiger partial charge >= 0.3 is 0 Å². The minimum atomic E-state index is -0.303. The van der Waals surface area contributed by atoms with Crippen LogP contribution in [-0.4, -0.2) is 28.6 Å². The van der Waals surface area contributed by atoms with Gasteiger partial charge in [-0.25, -0.2) is 10.4 Å². The molecule has 0 unspecified atom stereocenters. The van der Waals surface area contributed by atoms with Gasteiger partial charge in [-0.15, -0.1) is 0 Å². The van der Waals surface area contributed by atoms with Crippen molar-refractivity contribution in [3.8, 4) is 5.75 Å². The van der Waals surface area contributed by atoms with Crippen molar-refractivity contribution in [1.82, 2.24) is 14.8 Å². The normalized spacial score (nSPS) is 11.1. The average molecular weight is 322 g/mol. The lowest BCUT2D eigenvalue weighted by Crippen LogP contribution is -2.20. The zero-order valence-corrected chi connectivity index (χ0v) is 13.8. The topological polar surface area (TPSA) is 68.0 Å². The fourth-order valence-electron chi connectivity index (χ4n) is 2.48. The number of nitrogens with one attached hydrogen (secondary N) is 1. The van der Waals surface area contributed by atoms with E-state index in [2.05, 4.69) is 15.5 Å². The molecule has 0 aliphatic heterocycles. The lowest BCUT2D eigenvalue weighted by Gasteiger charge is -2.02. The van der Waals surface area contributed by atoms with Gasteiger partial charge in [0.15, 0.2) is 0 Å². The van der Waals surface area contributed by atoms with Gasteiger partial charge in [0.25, 0.3) is 5.91 Å². The van der Waals surface area contributed by atoms with E-state index in [1.807, 2.05) is 56.4 Å². The van der Waals surface area contributed by atoms with E-state index in [1.54, 1.807) is 17.7 Å². The Kier molecular flexibility index (Phi) is 4.29. The van der Waals surface area contributed by atoms with Crippen molar-refractivity contribution in [2.45, 2.75) is 13.8 Å². The second-order valence-corrected chi connectivity index (χ2v) is 5.45. The van der Waals surface area contributed by atoms with E-state index >= 15 is 0 Å². The molecule has 0 aliphatic carbocycles. The minimum absolute atomic E-state index is 0.303. The summed E-state index contributed by atoms with van der Waals surface area (Å²) in [4.78, 5) is 16.8. The van der Waals surface area contributed by atoms with Crippen LogP contribution in [0.5, 0.6) is 5.75 Å². The number of nitrogens with zero attached hydrogens (tertiary/aromatic N) is 3. The highest BCUT2D eigenvalue weighted by Gasteiger charge is 2.15. The highest BCUT2D eigenvalue weighted by molar-refractivity contribution is 5.95. The van der Waals surface area contributed by atoms with Crippen molar-refractivity contribution in [2.75, 3.05) is 7.11 Å². The van der Waals surface area contributed by atoms with Gasteiger partial charge in [0.1, 0.15) is 17.1 Å². The second-order valence-electron chi connectivity index (χ2n) is 5.45. The second kappa shape index (κ2) is 6.54. The molecule has 0 spiro atoms. The number of fused-ring (bicyclic) bond motifs is 1. The molecule has 0 bridgehead atoms. The SMILES string of the molecule is COc1cccc(/C=N/NC(=O)c2c(C)nc3cc(C)ccn23)c1. The van der Waals surface area contributed by atoms with E-state index in [0.717, 1.165) is 22.5 Å². The van der Waals surface area contributed by atoms with Crippen molar-refractivity contribution >= 4 is 17.8 Å². The highest BCUT2D eigenvalue weighted by atomic mass is 16.5. The zero-order chi connectivity index (χ0) is 17.1. The molecule has 0 saturated heterocycles. The number of rotatable bonds is 4. The molecule has 0 saturated carbocycles. The third kappa shape index (κ3) is 3.12. The summed E-state index contributed by atoms with van der Waals surface area (Å²) >= 11 is 0. The van der Waals surface area contributed by atoms with Crippen LogP contribution in [0.3, 0.4) is 0 Å². The number of carbonyl (C=O) groups is 1. The maximum atomic E-state index is 12.4. The number of pyridine rings is 1. The molecular weight excluding hydrogens is 304 g/mol. The van der Waals surface area contributed by atoms with Gasteiger partial charge in [0.05, 0.1) is 19.0 Å². The lowest BCUT2D eigenvalue weighted by atomic mass is 10.2. The lowest BCUT2D eigenvalue weighted by molar-refractivity contribution is 0.0948. The summed E-state index contributed by atoms with van der Waals surface area (Å²) in [5, 5.41) is 4.02. The van der Waals surface area contributed by atoms with Crippen LogP contribution in [0, 0.1) is 13.8 Å². The number of carbonyl (C=O) groups excluding carboxylic acids is 1. The first kappa shape index (κ1) is 15.7. The Hall–Kier alpha value is -3.15. The first-order valence-corrected chi connectivity index (χ1v) is 7.51. The Morgan fingerprint density at radius 3 is 2.92 bits per heavy atom. The Balaban J connectivity index is 1.80. The molecule has 0 fully saturated rings. The van der Waals surface area contributed by atoms with Crippen LogP contribution in [0.4, 0.5) is 0 Å².